The van der Waals surface area contributed by atoms with E-state index >= 15 is 0 Å². The van der Waals surface area contributed by atoms with Crippen LogP contribution in [-0.4, -0.2) is 24.5 Å². The number of ether oxygens (including phenoxy) is 1. The zero-order valence-corrected chi connectivity index (χ0v) is 18.5. The van der Waals surface area contributed by atoms with Crippen molar-refractivity contribution in [1.82, 2.24) is 5.32 Å². The summed E-state index contributed by atoms with van der Waals surface area (Å²) in [6.07, 6.45) is 6.59. The summed E-state index contributed by atoms with van der Waals surface area (Å²) >= 11 is 12.6. The second kappa shape index (κ2) is 8.82. The fourth-order valence-electron chi connectivity index (χ4n) is 2.56. The zero-order valence-electron chi connectivity index (χ0n) is 14.5. The number of nitrogens with one attached hydrogen (secondary N) is 1. The molecule has 0 saturated carbocycles. The largest absolute Gasteiger partial charge is 0.479 e. The van der Waals surface area contributed by atoms with Gasteiger partial charge in [0.05, 0.1) is 14.6 Å². The maximum absolute atomic E-state index is 12.9. The molecule has 2 aromatic rings. The number of halogens is 3. The number of carbonyl (C=O) groups is 3. The van der Waals surface area contributed by atoms with Crippen LogP contribution in [0.3, 0.4) is 0 Å². The van der Waals surface area contributed by atoms with Crippen molar-refractivity contribution in [3.63, 3.8) is 0 Å². The summed E-state index contributed by atoms with van der Waals surface area (Å²) in [5.74, 6) is 1.32. The summed E-state index contributed by atoms with van der Waals surface area (Å²) < 4.78 is 6.59. The van der Waals surface area contributed by atoms with Gasteiger partial charge in [0.25, 0.3) is 11.8 Å². The molecule has 3 rings (SSSR count). The summed E-state index contributed by atoms with van der Waals surface area (Å²) in [4.78, 5) is 38.3. The van der Waals surface area contributed by atoms with E-state index in [0.717, 1.165) is 4.90 Å². The molecule has 146 valence electrons. The van der Waals surface area contributed by atoms with Crippen molar-refractivity contribution in [2.75, 3.05) is 11.5 Å². The molecule has 0 atom stereocenters. The Labute approximate surface area is 188 Å². The van der Waals surface area contributed by atoms with Crippen LogP contribution in [-0.2, 0) is 9.59 Å². The Hall–Kier alpha value is -2.60. The van der Waals surface area contributed by atoms with Crippen LogP contribution in [0.1, 0.15) is 5.56 Å². The normalized spacial score (nSPS) is 15.3. The van der Waals surface area contributed by atoms with Crippen LogP contribution in [0, 0.1) is 12.3 Å². The molecule has 0 spiro atoms. The predicted molar refractivity (Wildman–Crippen MR) is 117 cm³/mol. The van der Waals surface area contributed by atoms with Crippen LogP contribution in [0.4, 0.5) is 10.5 Å². The fraction of sp³-hybridized carbons (Fsp3) is 0.0500. The highest BCUT2D eigenvalue weighted by molar-refractivity contribution is 9.11. The van der Waals surface area contributed by atoms with Gasteiger partial charge in [-0.2, -0.15) is 0 Å². The van der Waals surface area contributed by atoms with Gasteiger partial charge in [-0.1, -0.05) is 17.5 Å². The van der Waals surface area contributed by atoms with E-state index in [2.05, 4.69) is 43.1 Å². The minimum absolute atomic E-state index is 0.0801. The fourth-order valence-corrected chi connectivity index (χ4v) is 4.14. The Balaban J connectivity index is 1.98. The number of hydrogen-bond donors (Lipinski definition) is 1. The highest BCUT2D eigenvalue weighted by Gasteiger charge is 2.36. The lowest BCUT2D eigenvalue weighted by Crippen LogP contribution is -2.54. The first-order valence-corrected chi connectivity index (χ1v) is 10.0. The van der Waals surface area contributed by atoms with Gasteiger partial charge < -0.3 is 4.74 Å². The van der Waals surface area contributed by atoms with Gasteiger partial charge >= 0.3 is 6.03 Å². The smallest absolute Gasteiger partial charge is 0.335 e. The number of hydrogen-bond acceptors (Lipinski definition) is 4. The quantitative estimate of drug-likeness (QED) is 0.352. The molecule has 1 N–H and O–H groups in total. The van der Waals surface area contributed by atoms with Gasteiger partial charge in [-0.3, -0.25) is 14.9 Å². The molecule has 0 radical (unpaired) electrons. The zero-order chi connectivity index (χ0) is 21.1. The number of imide groups is 2. The number of benzene rings is 2. The van der Waals surface area contributed by atoms with Gasteiger partial charge in [0, 0.05) is 5.02 Å². The van der Waals surface area contributed by atoms with Crippen molar-refractivity contribution in [2.24, 2.45) is 0 Å². The molecule has 6 nitrogen and oxygen atoms in total. The molecule has 0 unspecified atom stereocenters. The first kappa shape index (κ1) is 21.1. The molecule has 4 amide bonds. The van der Waals surface area contributed by atoms with Crippen molar-refractivity contribution in [3.8, 4) is 18.1 Å². The number of nitrogens with zero attached hydrogens (tertiary/aromatic N) is 1. The Morgan fingerprint density at radius 1 is 1.14 bits per heavy atom. The number of carbonyl (C=O) groups excluding carboxylic acids is 3. The maximum atomic E-state index is 12.9. The van der Waals surface area contributed by atoms with Crippen LogP contribution < -0.4 is 15.0 Å². The van der Waals surface area contributed by atoms with Gasteiger partial charge in [0.2, 0.25) is 0 Å². The van der Waals surface area contributed by atoms with Crippen LogP contribution in [0.15, 0.2) is 50.9 Å². The first-order valence-electron chi connectivity index (χ1n) is 8.04. The van der Waals surface area contributed by atoms with Gasteiger partial charge in [-0.25, -0.2) is 9.69 Å². The number of barbiturate groups is 1. The van der Waals surface area contributed by atoms with Crippen molar-refractivity contribution in [1.29, 1.82) is 0 Å². The van der Waals surface area contributed by atoms with Crippen molar-refractivity contribution >= 4 is 73.1 Å². The standard InChI is InChI=1S/C20H11Br2ClN2O4/c1-2-7-29-17-15(21)9-11(10-16(17)22)8-14-18(26)24-20(28)25(19(14)27)13-5-3-12(23)4-6-13/h1,3-6,8-10H,7H2,(H,24,26,28)/b14-8+. The first-order chi connectivity index (χ1) is 13.8. The van der Waals surface area contributed by atoms with E-state index in [-0.39, 0.29) is 17.9 Å². The monoisotopic (exact) mass is 536 g/mol. The molecule has 1 heterocycles. The molecule has 2 aromatic carbocycles. The Bertz CT molecular complexity index is 1070. The van der Waals surface area contributed by atoms with Crippen LogP contribution in [0.5, 0.6) is 5.75 Å². The van der Waals surface area contributed by atoms with E-state index in [1.807, 2.05) is 0 Å². The molecule has 0 bridgehead atoms. The molecular formula is C20H11Br2ClN2O4. The molecule has 0 aliphatic carbocycles. The third kappa shape index (κ3) is 4.53. The lowest BCUT2D eigenvalue weighted by Gasteiger charge is -2.26. The molecule has 29 heavy (non-hydrogen) atoms. The van der Waals surface area contributed by atoms with Crippen LogP contribution in [0.2, 0.25) is 5.02 Å². The van der Waals surface area contributed by atoms with Gasteiger partial charge in [0.1, 0.15) is 17.9 Å². The SMILES string of the molecule is C#CCOc1c(Br)cc(/C=C2\C(=O)NC(=O)N(c3ccc(Cl)cc3)C2=O)cc1Br. The summed E-state index contributed by atoms with van der Waals surface area (Å²) in [6, 6.07) is 8.59. The van der Waals surface area contributed by atoms with E-state index in [4.69, 9.17) is 22.8 Å². The minimum atomic E-state index is -0.833. The van der Waals surface area contributed by atoms with Crippen LogP contribution >= 0.6 is 43.5 Å². The maximum Gasteiger partial charge on any atom is 0.335 e. The number of amides is 4. The lowest BCUT2D eigenvalue weighted by molar-refractivity contribution is -0.122. The topological polar surface area (TPSA) is 75.7 Å². The van der Waals surface area contributed by atoms with Crippen molar-refractivity contribution in [2.45, 2.75) is 0 Å². The number of anilines is 1. The van der Waals surface area contributed by atoms with E-state index < -0.39 is 17.8 Å². The summed E-state index contributed by atoms with van der Waals surface area (Å²) in [5.41, 5.74) is 0.618. The molecule has 9 heteroatoms. The predicted octanol–water partition coefficient (Wildman–Crippen LogP) is 4.54. The summed E-state index contributed by atoms with van der Waals surface area (Å²) in [6.45, 7) is 0.0801. The van der Waals surface area contributed by atoms with E-state index in [1.54, 1.807) is 24.3 Å². The Kier molecular flexibility index (Phi) is 6.42. The second-order valence-corrected chi connectivity index (χ2v) is 7.89. The van der Waals surface area contributed by atoms with E-state index in [1.165, 1.54) is 18.2 Å². The molecule has 1 saturated heterocycles. The summed E-state index contributed by atoms with van der Waals surface area (Å²) in [7, 11) is 0. The average Bonchev–Trinajstić information content (AvgIpc) is 2.66. The lowest BCUT2D eigenvalue weighted by atomic mass is 10.1. The number of terminal acetylenes is 1. The second-order valence-electron chi connectivity index (χ2n) is 5.74. The molecule has 1 aliphatic rings. The highest BCUT2D eigenvalue weighted by atomic mass is 79.9. The Morgan fingerprint density at radius 3 is 2.34 bits per heavy atom. The number of rotatable bonds is 4. The van der Waals surface area contributed by atoms with Gasteiger partial charge in [-0.05, 0) is 79.9 Å². The van der Waals surface area contributed by atoms with Gasteiger partial charge in [-0.15, -0.1) is 6.42 Å². The van der Waals surface area contributed by atoms with Crippen molar-refractivity contribution < 1.29 is 19.1 Å². The summed E-state index contributed by atoms with van der Waals surface area (Å²) in [5, 5.41) is 2.62. The van der Waals surface area contributed by atoms with Gasteiger partial charge in [0.15, 0.2) is 0 Å². The molecule has 0 aromatic heterocycles. The van der Waals surface area contributed by atoms with Crippen molar-refractivity contribution in [3.05, 3.63) is 61.5 Å². The Morgan fingerprint density at radius 2 is 1.76 bits per heavy atom. The third-order valence-corrected chi connectivity index (χ3v) is 5.25. The number of urea groups is 1. The minimum Gasteiger partial charge on any atom is -0.479 e. The molecule has 1 aliphatic heterocycles. The van der Waals surface area contributed by atoms with Crippen LogP contribution in [0.25, 0.3) is 6.08 Å². The highest BCUT2D eigenvalue weighted by Crippen LogP contribution is 2.35. The average molecular weight is 539 g/mol. The van der Waals surface area contributed by atoms with E-state index in [0.29, 0.717) is 25.3 Å². The molecule has 1 fully saturated rings. The third-order valence-electron chi connectivity index (χ3n) is 3.82. The van der Waals surface area contributed by atoms with E-state index in [9.17, 15) is 14.4 Å². The molecular weight excluding hydrogens is 527 g/mol.